The Labute approximate surface area is 251 Å². The van der Waals surface area contributed by atoms with Gasteiger partial charge in [0.15, 0.2) is 5.76 Å². The van der Waals surface area contributed by atoms with Crippen LogP contribution in [0.15, 0.2) is 59.1 Å². The van der Waals surface area contributed by atoms with Gasteiger partial charge in [0, 0.05) is 36.1 Å². The van der Waals surface area contributed by atoms with Gasteiger partial charge in [-0.25, -0.2) is 9.78 Å². The minimum Gasteiger partial charge on any atom is -0.444 e. The average Bonchev–Trinajstić information content (AvgIpc) is 3.42. The maximum atomic E-state index is 13.0. The van der Waals surface area contributed by atoms with Crippen LogP contribution < -0.4 is 15.5 Å². The van der Waals surface area contributed by atoms with E-state index >= 15 is 0 Å². The second kappa shape index (κ2) is 12.9. The molecule has 43 heavy (non-hydrogen) atoms. The zero-order valence-electron chi connectivity index (χ0n) is 25.0. The molecule has 0 spiro atoms. The van der Waals surface area contributed by atoms with Crippen LogP contribution >= 0.6 is 0 Å². The summed E-state index contributed by atoms with van der Waals surface area (Å²) in [5.41, 5.74) is 1.05. The number of anilines is 3. The molecule has 2 aromatic carbocycles. The Hall–Kier alpha value is -3.69. The number of carbonyl (C=O) groups is 1. The number of nitrogens with zero attached hydrogens (tertiary/aromatic N) is 2. The highest BCUT2D eigenvalue weighted by Gasteiger charge is 2.32. The third kappa shape index (κ3) is 8.45. The summed E-state index contributed by atoms with van der Waals surface area (Å²) in [6.07, 6.45) is 4.55. The molecule has 1 saturated heterocycles. The van der Waals surface area contributed by atoms with Crippen molar-refractivity contribution in [3.05, 3.63) is 60.3 Å². The van der Waals surface area contributed by atoms with Gasteiger partial charge in [-0.3, -0.25) is 5.32 Å². The first kappa shape index (κ1) is 30.8. The third-order valence-corrected chi connectivity index (χ3v) is 8.23. The maximum absolute atomic E-state index is 13.0. The van der Waals surface area contributed by atoms with Crippen molar-refractivity contribution in [3.8, 4) is 11.3 Å². The molecule has 3 atom stereocenters. The number of benzene rings is 2. The summed E-state index contributed by atoms with van der Waals surface area (Å²) in [6, 6.07) is 13.6. The molecule has 5 rings (SSSR count). The van der Waals surface area contributed by atoms with Crippen molar-refractivity contribution in [1.82, 2.24) is 4.98 Å². The second-order valence-electron chi connectivity index (χ2n) is 12.8. The van der Waals surface area contributed by atoms with Gasteiger partial charge in [-0.2, -0.15) is 13.2 Å². The number of amides is 1. The highest BCUT2D eigenvalue weighted by atomic mass is 19.4. The molecule has 1 aliphatic carbocycles. The van der Waals surface area contributed by atoms with Crippen LogP contribution in [0.3, 0.4) is 0 Å². The zero-order valence-corrected chi connectivity index (χ0v) is 25.0. The Morgan fingerprint density at radius 3 is 2.56 bits per heavy atom. The molecular weight excluding hydrogens is 557 g/mol. The van der Waals surface area contributed by atoms with E-state index < -0.39 is 23.4 Å². The fourth-order valence-electron chi connectivity index (χ4n) is 6.27. The first-order valence-corrected chi connectivity index (χ1v) is 15.2. The molecule has 0 bridgehead atoms. The Bertz CT molecular complexity index is 1370. The summed E-state index contributed by atoms with van der Waals surface area (Å²) in [5, 5.41) is 6.32. The molecule has 0 radical (unpaired) electrons. The molecule has 1 amide bonds. The number of carbonyl (C=O) groups excluding carboxylic acids is 1. The number of hydrogen-bond acceptors (Lipinski definition) is 6. The SMILES string of the molecule is CC(C)(C)OC(=O)Nc1cccc(-c2cnc(N[C@@H]3CCCC[C@H]3C[C@H]3CCCN(c4ccc(C(F)(F)F)cc4)C3)o2)c1. The van der Waals surface area contributed by atoms with Crippen LogP contribution in [0, 0.1) is 11.8 Å². The summed E-state index contributed by atoms with van der Waals surface area (Å²) in [4.78, 5) is 18.9. The Kier molecular flexibility index (Phi) is 9.22. The topological polar surface area (TPSA) is 79.6 Å². The van der Waals surface area contributed by atoms with E-state index in [4.69, 9.17) is 9.15 Å². The quantitative estimate of drug-likeness (QED) is 0.283. The first-order chi connectivity index (χ1) is 20.4. The molecule has 2 aliphatic rings. The zero-order chi connectivity index (χ0) is 30.6. The number of oxazole rings is 1. The predicted octanol–water partition coefficient (Wildman–Crippen LogP) is 8.98. The van der Waals surface area contributed by atoms with E-state index in [1.807, 2.05) is 39.0 Å². The van der Waals surface area contributed by atoms with Crippen LogP contribution in [-0.2, 0) is 10.9 Å². The van der Waals surface area contributed by atoms with Crippen LogP contribution in [0.4, 0.5) is 35.4 Å². The molecule has 2 heterocycles. The number of hydrogen-bond donors (Lipinski definition) is 2. The van der Waals surface area contributed by atoms with Crippen molar-refractivity contribution in [2.75, 3.05) is 28.6 Å². The van der Waals surface area contributed by atoms with E-state index in [-0.39, 0.29) is 6.04 Å². The molecule has 1 aliphatic heterocycles. The summed E-state index contributed by atoms with van der Waals surface area (Å²) in [5.74, 6) is 1.54. The van der Waals surface area contributed by atoms with Crippen molar-refractivity contribution in [1.29, 1.82) is 0 Å². The number of rotatable bonds is 7. The van der Waals surface area contributed by atoms with Crippen molar-refractivity contribution in [2.24, 2.45) is 11.8 Å². The molecule has 232 valence electrons. The summed E-state index contributed by atoms with van der Waals surface area (Å²) < 4.78 is 50.5. The minimum absolute atomic E-state index is 0.238. The monoisotopic (exact) mass is 598 g/mol. The fourth-order valence-corrected chi connectivity index (χ4v) is 6.27. The van der Waals surface area contributed by atoms with Crippen LogP contribution in [0.25, 0.3) is 11.3 Å². The molecule has 2 fully saturated rings. The summed E-state index contributed by atoms with van der Waals surface area (Å²) >= 11 is 0. The maximum Gasteiger partial charge on any atom is 0.416 e. The normalized spacial score (nSPS) is 21.3. The molecule has 0 unspecified atom stereocenters. The molecule has 2 N–H and O–H groups in total. The van der Waals surface area contributed by atoms with E-state index in [0.717, 1.165) is 62.9 Å². The average molecular weight is 599 g/mol. The lowest BCUT2D eigenvalue weighted by Gasteiger charge is -2.39. The number of ether oxygens (including phenoxy) is 1. The van der Waals surface area contributed by atoms with E-state index in [9.17, 15) is 18.0 Å². The van der Waals surface area contributed by atoms with Gasteiger partial charge < -0.3 is 19.4 Å². The van der Waals surface area contributed by atoms with Crippen LogP contribution in [0.2, 0.25) is 0 Å². The molecule has 10 heteroatoms. The summed E-state index contributed by atoms with van der Waals surface area (Å²) in [6.45, 7) is 7.16. The largest absolute Gasteiger partial charge is 0.444 e. The third-order valence-electron chi connectivity index (χ3n) is 8.23. The molecule has 3 aromatic rings. The Morgan fingerprint density at radius 1 is 1.05 bits per heavy atom. The Morgan fingerprint density at radius 2 is 1.81 bits per heavy atom. The number of nitrogens with one attached hydrogen (secondary N) is 2. The minimum atomic E-state index is -4.32. The van der Waals surface area contributed by atoms with Crippen LogP contribution in [-0.4, -0.2) is 35.8 Å². The number of aromatic nitrogens is 1. The van der Waals surface area contributed by atoms with Gasteiger partial charge >= 0.3 is 12.3 Å². The van der Waals surface area contributed by atoms with E-state index in [1.165, 1.54) is 18.6 Å². The van der Waals surface area contributed by atoms with Gasteiger partial charge in [-0.05, 0) is 101 Å². The van der Waals surface area contributed by atoms with Crippen LogP contribution in [0.5, 0.6) is 0 Å². The lowest BCUT2D eigenvalue weighted by molar-refractivity contribution is -0.137. The number of alkyl halides is 3. The fraction of sp³-hybridized carbons (Fsp3) is 0.515. The number of piperidine rings is 1. The van der Waals surface area contributed by atoms with E-state index in [2.05, 4.69) is 20.5 Å². The lowest BCUT2D eigenvalue weighted by Crippen LogP contribution is -2.39. The molecular formula is C33H41F3N4O3. The molecule has 1 saturated carbocycles. The smallest absolute Gasteiger partial charge is 0.416 e. The molecule has 1 aromatic heterocycles. The van der Waals surface area contributed by atoms with Gasteiger partial charge in [0.05, 0.1) is 11.8 Å². The van der Waals surface area contributed by atoms with Crippen molar-refractivity contribution in [3.63, 3.8) is 0 Å². The van der Waals surface area contributed by atoms with Crippen molar-refractivity contribution >= 4 is 23.5 Å². The first-order valence-electron chi connectivity index (χ1n) is 15.2. The van der Waals surface area contributed by atoms with Gasteiger partial charge in [0.1, 0.15) is 5.60 Å². The standard InChI is InChI=1S/C33H41F3N4O3/c1-32(2,3)43-31(41)38-26-11-6-10-24(19-26)29-20-37-30(42-29)39-28-12-5-4-9-23(28)18-22-8-7-17-40(21-22)27-15-13-25(14-16-27)33(34,35)36/h6,10-11,13-16,19-20,22-23,28H,4-5,7-9,12,17-18,21H2,1-3H3,(H,37,39)(H,38,41)/t22-,23+,28-/m1/s1. The lowest BCUT2D eigenvalue weighted by atomic mass is 9.77. The van der Waals surface area contributed by atoms with Crippen LogP contribution in [0.1, 0.15) is 71.3 Å². The van der Waals surface area contributed by atoms with Gasteiger partial charge in [-0.1, -0.05) is 25.0 Å². The predicted molar refractivity (Wildman–Crippen MR) is 162 cm³/mol. The van der Waals surface area contributed by atoms with Gasteiger partial charge in [0.2, 0.25) is 0 Å². The van der Waals surface area contributed by atoms with Crippen molar-refractivity contribution in [2.45, 2.75) is 83.5 Å². The van der Waals surface area contributed by atoms with Gasteiger partial charge in [-0.15, -0.1) is 0 Å². The highest BCUT2D eigenvalue weighted by molar-refractivity contribution is 5.86. The van der Waals surface area contributed by atoms with Crippen molar-refractivity contribution < 1.29 is 27.1 Å². The highest BCUT2D eigenvalue weighted by Crippen LogP contribution is 2.37. The van der Waals surface area contributed by atoms with E-state index in [1.54, 1.807) is 24.4 Å². The van der Waals surface area contributed by atoms with Gasteiger partial charge in [0.25, 0.3) is 6.01 Å². The number of halogens is 3. The molecule has 7 nitrogen and oxygen atoms in total. The summed E-state index contributed by atoms with van der Waals surface area (Å²) in [7, 11) is 0. The second-order valence-corrected chi connectivity index (χ2v) is 12.8. The Balaban J connectivity index is 1.19. The van der Waals surface area contributed by atoms with E-state index in [0.29, 0.717) is 29.3 Å².